The fraction of sp³-hybridized carbons (Fsp3) is 1.00. The highest BCUT2D eigenvalue weighted by Gasteiger charge is 2.61. The lowest BCUT2D eigenvalue weighted by atomic mass is 9.59. The molecule has 0 aromatic heterocycles. The second-order valence-electron chi connectivity index (χ2n) is 5.95. The maximum absolute atomic E-state index is 3.76. The van der Waals surface area contributed by atoms with Crippen LogP contribution in [-0.4, -0.2) is 11.6 Å². The molecule has 1 N–H and O–H groups in total. The van der Waals surface area contributed by atoms with Gasteiger partial charge in [-0.2, -0.15) is 0 Å². The minimum absolute atomic E-state index is 0.554. The predicted octanol–water partition coefficient (Wildman–Crippen LogP) is 2.95. The number of rotatable bonds is 3. The van der Waals surface area contributed by atoms with Crippen molar-refractivity contribution in [2.24, 2.45) is 11.3 Å². The van der Waals surface area contributed by atoms with Crippen LogP contribution in [0, 0.1) is 11.3 Å². The second kappa shape index (κ2) is 2.73. The van der Waals surface area contributed by atoms with E-state index < -0.39 is 0 Å². The molecule has 1 nitrogen and oxygen atoms in total. The normalized spacial score (nSPS) is 42.9. The minimum Gasteiger partial charge on any atom is -0.309 e. The summed E-state index contributed by atoms with van der Waals surface area (Å²) in [6.07, 6.45) is 5.76. The van der Waals surface area contributed by atoms with E-state index in [0.717, 1.165) is 11.3 Å². The molecule has 2 bridgehead atoms. The summed E-state index contributed by atoms with van der Waals surface area (Å²) in [5.41, 5.74) is 1.28. The predicted molar refractivity (Wildman–Crippen MR) is 56.7 cm³/mol. The Bertz CT molecular complexity index is 199. The van der Waals surface area contributed by atoms with Gasteiger partial charge in [-0.15, -0.1) is 0 Å². The van der Waals surface area contributed by atoms with E-state index in [4.69, 9.17) is 0 Å². The van der Waals surface area contributed by atoms with Gasteiger partial charge in [0.1, 0.15) is 0 Å². The summed E-state index contributed by atoms with van der Waals surface area (Å²) >= 11 is 0. The van der Waals surface area contributed by atoms with Crippen molar-refractivity contribution in [2.75, 3.05) is 0 Å². The first-order valence-electron chi connectivity index (χ1n) is 5.76. The standard InChI is InChI=1S/C12H23N/c1-9(2)11-5-6-12(7-11,8-11)13-10(3)4/h9-10,13H,5-8H2,1-4H3. The summed E-state index contributed by atoms with van der Waals surface area (Å²) in [7, 11) is 0. The fourth-order valence-corrected chi connectivity index (χ4v) is 3.62. The van der Waals surface area contributed by atoms with Crippen LogP contribution < -0.4 is 5.32 Å². The van der Waals surface area contributed by atoms with E-state index in [-0.39, 0.29) is 0 Å². The molecular formula is C12H23N. The first kappa shape index (κ1) is 9.51. The Morgan fingerprint density at radius 1 is 1.00 bits per heavy atom. The van der Waals surface area contributed by atoms with Gasteiger partial charge in [-0.25, -0.2) is 0 Å². The van der Waals surface area contributed by atoms with E-state index in [1.54, 1.807) is 0 Å². The summed E-state index contributed by atoms with van der Waals surface area (Å²) in [5, 5.41) is 3.76. The van der Waals surface area contributed by atoms with Crippen molar-refractivity contribution in [1.29, 1.82) is 0 Å². The maximum Gasteiger partial charge on any atom is 0.0194 e. The molecule has 0 radical (unpaired) electrons. The fourth-order valence-electron chi connectivity index (χ4n) is 3.62. The van der Waals surface area contributed by atoms with Crippen molar-refractivity contribution in [3.63, 3.8) is 0 Å². The zero-order valence-electron chi connectivity index (χ0n) is 9.48. The molecule has 0 saturated heterocycles. The summed E-state index contributed by atoms with van der Waals surface area (Å²) in [5.74, 6) is 0.886. The van der Waals surface area contributed by atoms with Gasteiger partial charge in [0.15, 0.2) is 0 Å². The van der Waals surface area contributed by atoms with E-state index in [1.165, 1.54) is 25.7 Å². The summed E-state index contributed by atoms with van der Waals surface area (Å²) in [6, 6.07) is 0.656. The molecule has 1 heteroatoms. The van der Waals surface area contributed by atoms with Crippen LogP contribution in [0.1, 0.15) is 53.4 Å². The van der Waals surface area contributed by atoms with Crippen molar-refractivity contribution in [2.45, 2.75) is 65.0 Å². The molecular weight excluding hydrogens is 158 g/mol. The number of hydrogen-bond acceptors (Lipinski definition) is 1. The minimum atomic E-state index is 0.554. The molecule has 76 valence electrons. The Kier molecular flexibility index (Phi) is 1.99. The lowest BCUT2D eigenvalue weighted by Crippen LogP contribution is -2.57. The molecule has 0 heterocycles. The monoisotopic (exact) mass is 181 g/mol. The average molecular weight is 181 g/mol. The maximum atomic E-state index is 3.76. The van der Waals surface area contributed by atoms with E-state index in [1.807, 2.05) is 0 Å². The molecule has 3 aliphatic carbocycles. The first-order valence-corrected chi connectivity index (χ1v) is 5.76. The third-order valence-electron chi connectivity index (χ3n) is 4.30. The van der Waals surface area contributed by atoms with Crippen molar-refractivity contribution in [3.8, 4) is 0 Å². The highest BCUT2D eigenvalue weighted by molar-refractivity contribution is 5.17. The van der Waals surface area contributed by atoms with Gasteiger partial charge in [-0.1, -0.05) is 27.7 Å². The highest BCUT2D eigenvalue weighted by Crippen LogP contribution is 2.64. The quantitative estimate of drug-likeness (QED) is 0.706. The molecule has 3 fully saturated rings. The zero-order chi connectivity index (χ0) is 9.69. The topological polar surface area (TPSA) is 12.0 Å². The lowest BCUT2D eigenvalue weighted by molar-refractivity contribution is 0.0336. The Morgan fingerprint density at radius 2 is 1.62 bits per heavy atom. The van der Waals surface area contributed by atoms with Crippen molar-refractivity contribution >= 4 is 0 Å². The van der Waals surface area contributed by atoms with Crippen LogP contribution in [0.2, 0.25) is 0 Å². The van der Waals surface area contributed by atoms with Crippen LogP contribution in [0.3, 0.4) is 0 Å². The molecule has 3 rings (SSSR count). The molecule has 0 unspecified atom stereocenters. The van der Waals surface area contributed by atoms with Gasteiger partial charge in [0.05, 0.1) is 0 Å². The van der Waals surface area contributed by atoms with Gasteiger partial charge in [-0.05, 0) is 37.0 Å². The molecule has 13 heavy (non-hydrogen) atoms. The number of fused-ring (bicyclic) bond motifs is 1. The molecule has 0 spiro atoms. The SMILES string of the molecule is CC(C)NC12CCC(C(C)C)(C1)C2. The molecule has 0 aromatic carbocycles. The molecule has 3 aliphatic rings. The Morgan fingerprint density at radius 3 is 2.00 bits per heavy atom. The smallest absolute Gasteiger partial charge is 0.0194 e. The molecule has 0 amide bonds. The number of nitrogens with one attached hydrogen (secondary N) is 1. The highest BCUT2D eigenvalue weighted by atomic mass is 15.0. The summed E-state index contributed by atoms with van der Waals surface area (Å²) in [4.78, 5) is 0. The Balaban J connectivity index is 1.98. The zero-order valence-corrected chi connectivity index (χ0v) is 9.48. The van der Waals surface area contributed by atoms with E-state index >= 15 is 0 Å². The van der Waals surface area contributed by atoms with Crippen LogP contribution in [0.4, 0.5) is 0 Å². The van der Waals surface area contributed by atoms with Gasteiger partial charge < -0.3 is 5.32 Å². The molecule has 0 aliphatic heterocycles. The summed E-state index contributed by atoms with van der Waals surface area (Å²) in [6.45, 7) is 9.32. The van der Waals surface area contributed by atoms with Gasteiger partial charge in [0.25, 0.3) is 0 Å². The van der Waals surface area contributed by atoms with Crippen LogP contribution in [0.25, 0.3) is 0 Å². The van der Waals surface area contributed by atoms with Crippen LogP contribution in [0.15, 0.2) is 0 Å². The number of hydrogen-bond donors (Lipinski definition) is 1. The van der Waals surface area contributed by atoms with E-state index in [2.05, 4.69) is 33.0 Å². The van der Waals surface area contributed by atoms with Gasteiger partial charge in [0, 0.05) is 11.6 Å². The summed E-state index contributed by atoms with van der Waals surface area (Å²) < 4.78 is 0. The molecule has 0 atom stereocenters. The van der Waals surface area contributed by atoms with Gasteiger partial charge in [0.2, 0.25) is 0 Å². The molecule has 0 aromatic rings. The first-order chi connectivity index (χ1) is 5.98. The Hall–Kier alpha value is -0.0400. The third kappa shape index (κ3) is 1.32. The van der Waals surface area contributed by atoms with Crippen LogP contribution in [-0.2, 0) is 0 Å². The lowest BCUT2D eigenvalue weighted by Gasteiger charge is -2.51. The van der Waals surface area contributed by atoms with Crippen LogP contribution >= 0.6 is 0 Å². The third-order valence-corrected chi connectivity index (χ3v) is 4.30. The van der Waals surface area contributed by atoms with E-state index in [0.29, 0.717) is 11.6 Å². The average Bonchev–Trinajstić information content (AvgIpc) is 2.39. The van der Waals surface area contributed by atoms with Crippen molar-refractivity contribution < 1.29 is 0 Å². The second-order valence-corrected chi connectivity index (χ2v) is 5.95. The van der Waals surface area contributed by atoms with E-state index in [9.17, 15) is 0 Å². The largest absolute Gasteiger partial charge is 0.309 e. The van der Waals surface area contributed by atoms with Gasteiger partial charge in [-0.3, -0.25) is 0 Å². The van der Waals surface area contributed by atoms with Crippen molar-refractivity contribution in [3.05, 3.63) is 0 Å². The van der Waals surface area contributed by atoms with Crippen molar-refractivity contribution in [1.82, 2.24) is 5.32 Å². The van der Waals surface area contributed by atoms with Crippen LogP contribution in [0.5, 0.6) is 0 Å². The molecule has 3 saturated carbocycles. The Labute approximate surface area is 82.3 Å². The van der Waals surface area contributed by atoms with Gasteiger partial charge >= 0.3 is 0 Å².